The largest absolute Gasteiger partial charge is 0.492 e. The van der Waals surface area contributed by atoms with Gasteiger partial charge in [0.1, 0.15) is 17.3 Å². The Kier molecular flexibility index (Phi) is 3.88. The van der Waals surface area contributed by atoms with Crippen molar-refractivity contribution in [3.05, 3.63) is 24.0 Å². The fraction of sp³-hybridized carbons (Fsp3) is 0.500. The van der Waals surface area contributed by atoms with Crippen LogP contribution in [0.25, 0.3) is 0 Å². The van der Waals surface area contributed by atoms with Crippen LogP contribution in [0.1, 0.15) is 32.9 Å². The second-order valence-electron chi connectivity index (χ2n) is 4.95. The van der Waals surface area contributed by atoms with E-state index in [4.69, 9.17) is 15.9 Å². The molecule has 0 saturated carbocycles. The van der Waals surface area contributed by atoms with Crippen molar-refractivity contribution in [2.75, 3.05) is 6.61 Å². The first-order chi connectivity index (χ1) is 7.38. The minimum absolute atomic E-state index is 0.0266. The molecule has 1 heterocycles. The minimum atomic E-state index is -0.0266. The van der Waals surface area contributed by atoms with E-state index in [0.717, 1.165) is 6.42 Å². The van der Waals surface area contributed by atoms with Crippen LogP contribution in [0, 0.1) is 10.8 Å². The zero-order valence-electron chi connectivity index (χ0n) is 10.1. The summed E-state index contributed by atoms with van der Waals surface area (Å²) in [5.74, 6) is 0.690. The van der Waals surface area contributed by atoms with Crippen LogP contribution in [0.15, 0.2) is 18.3 Å². The molecule has 0 saturated heterocycles. The number of ether oxygens (including phenoxy) is 1. The predicted molar refractivity (Wildman–Crippen MR) is 64.8 cm³/mol. The van der Waals surface area contributed by atoms with Gasteiger partial charge in [-0.05, 0) is 24.0 Å². The standard InChI is InChI=1S/C12H19N3O/c1-12(2,3)6-7-16-9-4-5-10(11(13)14)15-8-9/h4-5,8H,6-7H2,1-3H3,(H3,13,14). The summed E-state index contributed by atoms with van der Waals surface area (Å²) in [6.07, 6.45) is 2.58. The van der Waals surface area contributed by atoms with Gasteiger partial charge in [-0.2, -0.15) is 0 Å². The van der Waals surface area contributed by atoms with Crippen molar-refractivity contribution in [2.45, 2.75) is 27.2 Å². The summed E-state index contributed by atoms with van der Waals surface area (Å²) >= 11 is 0. The lowest BCUT2D eigenvalue weighted by Gasteiger charge is -2.17. The molecule has 0 fully saturated rings. The van der Waals surface area contributed by atoms with Crippen molar-refractivity contribution in [2.24, 2.45) is 11.1 Å². The predicted octanol–water partition coefficient (Wildman–Crippen LogP) is 2.18. The zero-order chi connectivity index (χ0) is 12.2. The third kappa shape index (κ3) is 4.29. The van der Waals surface area contributed by atoms with E-state index in [2.05, 4.69) is 25.8 Å². The Balaban J connectivity index is 2.47. The van der Waals surface area contributed by atoms with Crippen LogP contribution in [-0.2, 0) is 0 Å². The topological polar surface area (TPSA) is 72.0 Å². The van der Waals surface area contributed by atoms with Gasteiger partial charge < -0.3 is 10.5 Å². The van der Waals surface area contributed by atoms with Gasteiger partial charge in [0, 0.05) is 0 Å². The van der Waals surface area contributed by atoms with Crippen LogP contribution < -0.4 is 10.5 Å². The lowest BCUT2D eigenvalue weighted by atomic mass is 9.93. The summed E-state index contributed by atoms with van der Waals surface area (Å²) in [7, 11) is 0. The average molecular weight is 221 g/mol. The van der Waals surface area contributed by atoms with Gasteiger partial charge in [-0.1, -0.05) is 20.8 Å². The van der Waals surface area contributed by atoms with E-state index in [0.29, 0.717) is 18.1 Å². The van der Waals surface area contributed by atoms with Crippen molar-refractivity contribution in [1.29, 1.82) is 5.41 Å². The molecule has 1 aromatic rings. The molecule has 0 aliphatic rings. The SMILES string of the molecule is CC(C)(C)CCOc1ccc(C(=N)N)nc1. The van der Waals surface area contributed by atoms with Crippen LogP contribution in [-0.4, -0.2) is 17.4 Å². The first kappa shape index (κ1) is 12.5. The molecule has 1 rings (SSSR count). The number of amidine groups is 1. The van der Waals surface area contributed by atoms with E-state index in [9.17, 15) is 0 Å². The summed E-state index contributed by atoms with van der Waals surface area (Å²) in [5.41, 5.74) is 6.05. The molecule has 0 spiro atoms. The Morgan fingerprint density at radius 3 is 2.56 bits per heavy atom. The summed E-state index contributed by atoms with van der Waals surface area (Å²) in [6, 6.07) is 3.47. The molecular formula is C12H19N3O. The number of nitrogens with zero attached hydrogens (tertiary/aromatic N) is 1. The number of nitrogen functional groups attached to an aromatic ring is 1. The van der Waals surface area contributed by atoms with Crippen LogP contribution >= 0.6 is 0 Å². The molecule has 3 N–H and O–H groups in total. The molecule has 16 heavy (non-hydrogen) atoms. The van der Waals surface area contributed by atoms with Crippen LogP contribution in [0.2, 0.25) is 0 Å². The molecule has 1 aromatic heterocycles. The smallest absolute Gasteiger partial charge is 0.141 e. The normalized spacial score (nSPS) is 11.2. The summed E-state index contributed by atoms with van der Waals surface area (Å²) in [6.45, 7) is 7.19. The highest BCUT2D eigenvalue weighted by molar-refractivity contribution is 5.92. The van der Waals surface area contributed by atoms with E-state index in [-0.39, 0.29) is 11.3 Å². The molecule has 0 amide bonds. The fourth-order valence-corrected chi connectivity index (χ4v) is 1.10. The molecule has 88 valence electrons. The number of nitrogens with one attached hydrogen (secondary N) is 1. The van der Waals surface area contributed by atoms with Gasteiger partial charge in [0.25, 0.3) is 0 Å². The zero-order valence-corrected chi connectivity index (χ0v) is 10.1. The number of nitrogens with two attached hydrogens (primary N) is 1. The summed E-state index contributed by atoms with van der Waals surface area (Å²) in [5, 5.41) is 7.20. The Morgan fingerprint density at radius 2 is 2.12 bits per heavy atom. The first-order valence-electron chi connectivity index (χ1n) is 5.32. The van der Waals surface area contributed by atoms with Gasteiger partial charge in [0.2, 0.25) is 0 Å². The maximum absolute atomic E-state index is 7.20. The number of hydrogen-bond acceptors (Lipinski definition) is 3. The van der Waals surface area contributed by atoms with Gasteiger partial charge in [-0.15, -0.1) is 0 Å². The number of rotatable bonds is 4. The van der Waals surface area contributed by atoms with E-state index in [1.807, 2.05) is 0 Å². The lowest BCUT2D eigenvalue weighted by molar-refractivity contribution is 0.242. The summed E-state index contributed by atoms with van der Waals surface area (Å²) < 4.78 is 5.54. The van der Waals surface area contributed by atoms with Crippen molar-refractivity contribution >= 4 is 5.84 Å². The van der Waals surface area contributed by atoms with E-state index >= 15 is 0 Å². The Morgan fingerprint density at radius 1 is 1.44 bits per heavy atom. The van der Waals surface area contributed by atoms with Crippen molar-refractivity contribution in [3.8, 4) is 5.75 Å². The third-order valence-electron chi connectivity index (χ3n) is 2.13. The highest BCUT2D eigenvalue weighted by Gasteiger charge is 2.09. The highest BCUT2D eigenvalue weighted by Crippen LogP contribution is 2.19. The number of hydrogen-bond donors (Lipinski definition) is 2. The molecule has 0 unspecified atom stereocenters. The van der Waals surface area contributed by atoms with Crippen molar-refractivity contribution in [1.82, 2.24) is 4.98 Å². The van der Waals surface area contributed by atoms with Gasteiger partial charge >= 0.3 is 0 Å². The van der Waals surface area contributed by atoms with Gasteiger partial charge in [0.05, 0.1) is 12.8 Å². The Hall–Kier alpha value is -1.58. The van der Waals surface area contributed by atoms with E-state index in [1.165, 1.54) is 0 Å². The monoisotopic (exact) mass is 221 g/mol. The molecule has 0 aliphatic carbocycles. The molecule has 0 aliphatic heterocycles. The minimum Gasteiger partial charge on any atom is -0.492 e. The van der Waals surface area contributed by atoms with Crippen LogP contribution in [0.5, 0.6) is 5.75 Å². The third-order valence-corrected chi connectivity index (χ3v) is 2.13. The van der Waals surface area contributed by atoms with Gasteiger partial charge in [0.15, 0.2) is 0 Å². The van der Waals surface area contributed by atoms with Crippen LogP contribution in [0.4, 0.5) is 0 Å². The first-order valence-corrected chi connectivity index (χ1v) is 5.32. The molecule has 0 aromatic carbocycles. The van der Waals surface area contributed by atoms with Gasteiger partial charge in [-0.25, -0.2) is 4.98 Å². The maximum Gasteiger partial charge on any atom is 0.141 e. The molecular weight excluding hydrogens is 202 g/mol. The Labute approximate surface area is 96.3 Å². The molecule has 4 nitrogen and oxygen atoms in total. The number of aromatic nitrogens is 1. The highest BCUT2D eigenvalue weighted by atomic mass is 16.5. The van der Waals surface area contributed by atoms with Gasteiger partial charge in [-0.3, -0.25) is 5.41 Å². The van der Waals surface area contributed by atoms with Crippen molar-refractivity contribution in [3.63, 3.8) is 0 Å². The maximum atomic E-state index is 7.20. The molecule has 0 atom stereocenters. The lowest BCUT2D eigenvalue weighted by Crippen LogP contribution is -2.13. The second-order valence-corrected chi connectivity index (χ2v) is 4.95. The fourth-order valence-electron chi connectivity index (χ4n) is 1.10. The molecule has 0 bridgehead atoms. The van der Waals surface area contributed by atoms with E-state index < -0.39 is 0 Å². The second kappa shape index (κ2) is 4.96. The van der Waals surface area contributed by atoms with E-state index in [1.54, 1.807) is 18.3 Å². The van der Waals surface area contributed by atoms with Crippen LogP contribution in [0.3, 0.4) is 0 Å². The average Bonchev–Trinajstić information content (AvgIpc) is 2.16. The summed E-state index contributed by atoms with van der Waals surface area (Å²) in [4.78, 5) is 4.02. The quantitative estimate of drug-likeness (QED) is 0.604. The number of pyridine rings is 1. The molecule has 4 heteroatoms. The molecule has 0 radical (unpaired) electrons. The van der Waals surface area contributed by atoms with Crippen molar-refractivity contribution < 1.29 is 4.74 Å². The Bertz CT molecular complexity index is 352.